The largest absolute Gasteiger partial charge is 0.330 e. The summed E-state index contributed by atoms with van der Waals surface area (Å²) in [6, 6.07) is 14.8. The SMILES string of the molecule is CC(=O)N1C[C@H](c2ccccc2)C[C@@H]1C(=O)Nc1ccc(C)c(-c2ncc(F)cn2)c1. The highest BCUT2D eigenvalue weighted by atomic mass is 19.1. The standard InChI is InChI=1S/C24H23FN4O2/c1-15-8-9-20(11-21(15)23-26-12-19(25)13-27-23)28-24(31)22-10-18(14-29(22)16(2)30)17-6-4-3-5-7-17/h3-9,11-13,18,22H,10,14H2,1-2H3,(H,28,31)/t18-,22-/m1/s1. The fourth-order valence-corrected chi connectivity index (χ4v) is 4.02. The van der Waals surface area contributed by atoms with Gasteiger partial charge < -0.3 is 10.2 Å². The molecule has 0 spiro atoms. The van der Waals surface area contributed by atoms with E-state index < -0.39 is 11.9 Å². The first-order valence-corrected chi connectivity index (χ1v) is 10.1. The predicted molar refractivity (Wildman–Crippen MR) is 116 cm³/mol. The van der Waals surface area contributed by atoms with Crippen LogP contribution < -0.4 is 5.32 Å². The minimum Gasteiger partial charge on any atom is -0.330 e. The first-order chi connectivity index (χ1) is 14.9. The van der Waals surface area contributed by atoms with Gasteiger partial charge in [0.25, 0.3) is 0 Å². The van der Waals surface area contributed by atoms with Crippen molar-refractivity contribution in [2.24, 2.45) is 0 Å². The van der Waals surface area contributed by atoms with E-state index in [4.69, 9.17) is 0 Å². The highest BCUT2D eigenvalue weighted by Crippen LogP contribution is 2.33. The summed E-state index contributed by atoms with van der Waals surface area (Å²) in [4.78, 5) is 35.0. The number of carbonyl (C=O) groups excluding carboxylic acids is 2. The zero-order valence-corrected chi connectivity index (χ0v) is 17.4. The van der Waals surface area contributed by atoms with E-state index in [0.29, 0.717) is 30.0 Å². The fourth-order valence-electron chi connectivity index (χ4n) is 4.02. The van der Waals surface area contributed by atoms with Gasteiger partial charge in [0.05, 0.1) is 12.4 Å². The number of hydrogen-bond donors (Lipinski definition) is 1. The van der Waals surface area contributed by atoms with Gasteiger partial charge in [-0.05, 0) is 36.6 Å². The highest BCUT2D eigenvalue weighted by molar-refractivity contribution is 5.98. The number of anilines is 1. The van der Waals surface area contributed by atoms with E-state index in [1.165, 1.54) is 6.92 Å². The van der Waals surface area contributed by atoms with Gasteiger partial charge in [0.2, 0.25) is 11.8 Å². The van der Waals surface area contributed by atoms with Crippen molar-refractivity contribution in [3.05, 3.63) is 77.9 Å². The average Bonchev–Trinajstić information content (AvgIpc) is 3.23. The summed E-state index contributed by atoms with van der Waals surface area (Å²) in [5, 5.41) is 2.93. The van der Waals surface area contributed by atoms with Gasteiger partial charge in [0.15, 0.2) is 11.6 Å². The third kappa shape index (κ3) is 4.45. The molecule has 31 heavy (non-hydrogen) atoms. The number of halogens is 1. The Morgan fingerprint density at radius 3 is 2.48 bits per heavy atom. The van der Waals surface area contributed by atoms with Crippen molar-refractivity contribution in [2.75, 3.05) is 11.9 Å². The molecule has 0 aliphatic carbocycles. The number of benzene rings is 2. The minimum atomic E-state index is -0.547. The molecule has 0 bridgehead atoms. The fraction of sp³-hybridized carbons (Fsp3) is 0.250. The van der Waals surface area contributed by atoms with Gasteiger partial charge in [-0.15, -0.1) is 0 Å². The Balaban J connectivity index is 1.55. The molecule has 0 saturated carbocycles. The maximum absolute atomic E-state index is 13.2. The van der Waals surface area contributed by atoms with Crippen LogP contribution in [-0.2, 0) is 9.59 Å². The molecule has 0 radical (unpaired) electrons. The van der Waals surface area contributed by atoms with Gasteiger partial charge in [-0.2, -0.15) is 0 Å². The monoisotopic (exact) mass is 418 g/mol. The van der Waals surface area contributed by atoms with Gasteiger partial charge >= 0.3 is 0 Å². The number of amides is 2. The lowest BCUT2D eigenvalue weighted by molar-refractivity contribution is -0.134. The summed E-state index contributed by atoms with van der Waals surface area (Å²) in [6.07, 6.45) is 2.79. The number of nitrogens with one attached hydrogen (secondary N) is 1. The molecular formula is C24H23FN4O2. The van der Waals surface area contributed by atoms with Crippen molar-refractivity contribution in [3.63, 3.8) is 0 Å². The van der Waals surface area contributed by atoms with Crippen LogP contribution in [0.4, 0.5) is 10.1 Å². The summed E-state index contributed by atoms with van der Waals surface area (Å²) in [5.41, 5.74) is 3.30. The van der Waals surface area contributed by atoms with E-state index >= 15 is 0 Å². The molecule has 0 unspecified atom stereocenters. The second-order valence-corrected chi connectivity index (χ2v) is 7.77. The van der Waals surface area contributed by atoms with Crippen LogP contribution in [0, 0.1) is 12.7 Å². The van der Waals surface area contributed by atoms with Crippen LogP contribution in [0.2, 0.25) is 0 Å². The summed E-state index contributed by atoms with van der Waals surface area (Å²) in [5.74, 6) is -0.372. The number of rotatable bonds is 4. The van der Waals surface area contributed by atoms with Crippen LogP contribution in [0.25, 0.3) is 11.4 Å². The van der Waals surface area contributed by atoms with Crippen LogP contribution in [-0.4, -0.2) is 39.3 Å². The van der Waals surface area contributed by atoms with Gasteiger partial charge in [0.1, 0.15) is 6.04 Å². The molecule has 1 aliphatic heterocycles. The van der Waals surface area contributed by atoms with E-state index in [1.54, 1.807) is 17.0 Å². The van der Waals surface area contributed by atoms with E-state index in [9.17, 15) is 14.0 Å². The van der Waals surface area contributed by atoms with E-state index in [1.807, 2.05) is 43.3 Å². The van der Waals surface area contributed by atoms with Crippen molar-refractivity contribution in [1.29, 1.82) is 0 Å². The minimum absolute atomic E-state index is 0.113. The summed E-state index contributed by atoms with van der Waals surface area (Å²) >= 11 is 0. The lowest BCUT2D eigenvalue weighted by Gasteiger charge is -2.22. The number of nitrogens with zero attached hydrogens (tertiary/aromatic N) is 3. The van der Waals surface area contributed by atoms with Crippen molar-refractivity contribution >= 4 is 17.5 Å². The Bertz CT molecular complexity index is 1100. The Kier molecular flexibility index (Phi) is 5.75. The summed E-state index contributed by atoms with van der Waals surface area (Å²) in [7, 11) is 0. The molecule has 1 aliphatic rings. The van der Waals surface area contributed by atoms with E-state index in [-0.39, 0.29) is 17.7 Å². The molecule has 2 atom stereocenters. The van der Waals surface area contributed by atoms with Gasteiger partial charge in [-0.25, -0.2) is 14.4 Å². The zero-order chi connectivity index (χ0) is 22.0. The normalized spacial score (nSPS) is 18.1. The van der Waals surface area contributed by atoms with Crippen molar-refractivity contribution in [2.45, 2.75) is 32.2 Å². The molecule has 4 rings (SSSR count). The summed E-state index contributed by atoms with van der Waals surface area (Å²) in [6.45, 7) is 3.90. The maximum atomic E-state index is 13.2. The molecular weight excluding hydrogens is 395 g/mol. The Hall–Kier alpha value is -3.61. The Morgan fingerprint density at radius 1 is 1.10 bits per heavy atom. The van der Waals surface area contributed by atoms with E-state index in [2.05, 4.69) is 15.3 Å². The van der Waals surface area contributed by atoms with Gasteiger partial charge in [0, 0.05) is 30.6 Å². The van der Waals surface area contributed by atoms with E-state index in [0.717, 1.165) is 23.5 Å². The number of carbonyl (C=O) groups is 2. The molecule has 158 valence electrons. The summed E-state index contributed by atoms with van der Waals surface area (Å²) < 4.78 is 13.2. The maximum Gasteiger partial charge on any atom is 0.247 e. The smallest absolute Gasteiger partial charge is 0.247 e. The molecule has 3 aromatic rings. The zero-order valence-electron chi connectivity index (χ0n) is 17.4. The number of hydrogen-bond acceptors (Lipinski definition) is 4. The average molecular weight is 418 g/mol. The number of aryl methyl sites for hydroxylation is 1. The number of aromatic nitrogens is 2. The topological polar surface area (TPSA) is 75.2 Å². The van der Waals surface area contributed by atoms with Gasteiger partial charge in [-0.1, -0.05) is 36.4 Å². The number of likely N-dealkylation sites (tertiary alicyclic amines) is 1. The lowest BCUT2D eigenvalue weighted by Crippen LogP contribution is -2.42. The van der Waals surface area contributed by atoms with Crippen molar-refractivity contribution < 1.29 is 14.0 Å². The van der Waals surface area contributed by atoms with Crippen molar-refractivity contribution in [1.82, 2.24) is 14.9 Å². The van der Waals surface area contributed by atoms with Crippen LogP contribution in [0.3, 0.4) is 0 Å². The van der Waals surface area contributed by atoms with Gasteiger partial charge in [-0.3, -0.25) is 9.59 Å². The first kappa shape index (κ1) is 20.7. The predicted octanol–water partition coefficient (Wildman–Crippen LogP) is 3.93. The quantitative estimate of drug-likeness (QED) is 0.697. The third-order valence-corrected chi connectivity index (χ3v) is 5.65. The lowest BCUT2D eigenvalue weighted by atomic mass is 9.96. The van der Waals surface area contributed by atoms with Crippen LogP contribution in [0.15, 0.2) is 60.9 Å². The third-order valence-electron chi connectivity index (χ3n) is 5.65. The van der Waals surface area contributed by atoms with Crippen LogP contribution in [0.1, 0.15) is 30.4 Å². The molecule has 2 aromatic carbocycles. The van der Waals surface area contributed by atoms with Crippen molar-refractivity contribution in [3.8, 4) is 11.4 Å². The molecule has 6 nitrogen and oxygen atoms in total. The molecule has 1 saturated heterocycles. The molecule has 1 N–H and O–H groups in total. The molecule has 2 heterocycles. The Morgan fingerprint density at radius 2 is 1.81 bits per heavy atom. The molecule has 2 amide bonds. The second kappa shape index (κ2) is 8.63. The van der Waals surface area contributed by atoms with Crippen LogP contribution in [0.5, 0.6) is 0 Å². The van der Waals surface area contributed by atoms with Crippen LogP contribution >= 0.6 is 0 Å². The molecule has 1 aromatic heterocycles. The Labute approximate surface area is 180 Å². The molecule has 7 heteroatoms. The highest BCUT2D eigenvalue weighted by Gasteiger charge is 2.38. The molecule has 1 fully saturated rings. The second-order valence-electron chi connectivity index (χ2n) is 7.77. The first-order valence-electron chi connectivity index (χ1n) is 10.1.